The van der Waals surface area contributed by atoms with Gasteiger partial charge in [-0.25, -0.2) is 4.98 Å². The largest absolute Gasteiger partial charge is 0.490 e. The van der Waals surface area contributed by atoms with Gasteiger partial charge in [0.25, 0.3) is 0 Å². The molecule has 0 spiro atoms. The van der Waals surface area contributed by atoms with Crippen molar-refractivity contribution < 1.29 is 23.7 Å². The molecule has 5 rings (SSSR count). The molecule has 1 aromatic heterocycles. The summed E-state index contributed by atoms with van der Waals surface area (Å²) >= 11 is 5.02. The van der Waals surface area contributed by atoms with Gasteiger partial charge in [0.15, 0.2) is 11.5 Å². The van der Waals surface area contributed by atoms with Gasteiger partial charge in [-0.3, -0.25) is 4.79 Å². The third-order valence-corrected chi connectivity index (χ3v) is 6.38. The summed E-state index contributed by atoms with van der Waals surface area (Å²) in [6, 6.07) is 11.0. The Balaban J connectivity index is 1.25. The van der Waals surface area contributed by atoms with Crippen LogP contribution in [0.25, 0.3) is 5.57 Å². The number of hydrogen-bond donors (Lipinski definition) is 0. The minimum Gasteiger partial charge on any atom is -0.490 e. The van der Waals surface area contributed by atoms with Gasteiger partial charge in [-0.2, -0.15) is 0 Å². The number of thiazole rings is 1. The maximum Gasteiger partial charge on any atom is 0.231 e. The number of benzene rings is 2. The van der Waals surface area contributed by atoms with Crippen molar-refractivity contribution in [3.05, 3.63) is 68.1 Å². The number of allylic oxidation sites excluding steroid dienone is 1. The Bertz CT molecular complexity index is 1190. The van der Waals surface area contributed by atoms with Crippen LogP contribution >= 0.6 is 27.3 Å². The second-order valence-corrected chi connectivity index (χ2v) is 8.55. The zero-order chi connectivity index (χ0) is 20.7. The first-order valence-electron chi connectivity index (χ1n) is 9.26. The molecule has 2 aliphatic rings. The summed E-state index contributed by atoms with van der Waals surface area (Å²) in [7, 11) is 0. The molecule has 152 valence electrons. The average molecular weight is 486 g/mol. The number of hydrogen-bond acceptors (Lipinski definition) is 7. The molecule has 2 aromatic carbocycles. The molecular formula is C22H16BrNO5S. The van der Waals surface area contributed by atoms with Crippen molar-refractivity contribution in [3.8, 4) is 23.0 Å². The van der Waals surface area contributed by atoms with Gasteiger partial charge in [-0.1, -0.05) is 0 Å². The third kappa shape index (κ3) is 3.36. The minimum atomic E-state index is -0.0607. The standard InChI is InChI=1S/C22H16BrNO5S/c1-12-21(24-10-30-12)19-15-4-2-13(8-16(15)22(25)20(19)23)26-6-7-27-14-3-5-17-18(9-14)29-11-28-17/h2-5,8-10H,6-7,11H2,1H3. The van der Waals surface area contributed by atoms with E-state index in [4.69, 9.17) is 18.9 Å². The number of carbonyl (C=O) groups is 1. The average Bonchev–Trinajstić information content (AvgIpc) is 3.45. The van der Waals surface area contributed by atoms with Crippen molar-refractivity contribution >= 4 is 38.6 Å². The van der Waals surface area contributed by atoms with E-state index in [0.29, 0.717) is 46.3 Å². The lowest BCUT2D eigenvalue weighted by molar-refractivity contribution is 0.104. The molecular weight excluding hydrogens is 470 g/mol. The number of aromatic nitrogens is 1. The van der Waals surface area contributed by atoms with Crippen LogP contribution in [0.3, 0.4) is 0 Å². The van der Waals surface area contributed by atoms with Gasteiger partial charge in [-0.15, -0.1) is 11.3 Å². The Labute approximate surface area is 185 Å². The van der Waals surface area contributed by atoms with Crippen molar-refractivity contribution in [2.45, 2.75) is 6.92 Å². The molecule has 0 amide bonds. The van der Waals surface area contributed by atoms with E-state index >= 15 is 0 Å². The van der Waals surface area contributed by atoms with Crippen LogP contribution in [-0.4, -0.2) is 30.8 Å². The monoisotopic (exact) mass is 485 g/mol. The van der Waals surface area contributed by atoms with Crippen LogP contribution in [0.2, 0.25) is 0 Å². The van der Waals surface area contributed by atoms with Gasteiger partial charge >= 0.3 is 0 Å². The van der Waals surface area contributed by atoms with Gasteiger partial charge in [0.1, 0.15) is 24.7 Å². The zero-order valence-corrected chi connectivity index (χ0v) is 18.3. The van der Waals surface area contributed by atoms with Gasteiger partial charge in [0.05, 0.1) is 15.7 Å². The van der Waals surface area contributed by atoms with Gasteiger partial charge in [-0.05, 0) is 58.7 Å². The molecule has 0 unspecified atom stereocenters. The van der Waals surface area contributed by atoms with Crippen molar-refractivity contribution in [2.75, 3.05) is 20.0 Å². The predicted molar refractivity (Wildman–Crippen MR) is 116 cm³/mol. The summed E-state index contributed by atoms with van der Waals surface area (Å²) in [4.78, 5) is 18.2. The van der Waals surface area contributed by atoms with Crippen molar-refractivity contribution in [3.63, 3.8) is 0 Å². The number of ketones is 1. The van der Waals surface area contributed by atoms with Gasteiger partial charge in [0.2, 0.25) is 12.6 Å². The third-order valence-electron chi connectivity index (χ3n) is 4.87. The normalized spacial score (nSPS) is 14.3. The highest BCUT2D eigenvalue weighted by atomic mass is 79.9. The topological polar surface area (TPSA) is 66.9 Å². The van der Waals surface area contributed by atoms with E-state index in [-0.39, 0.29) is 12.6 Å². The molecule has 0 fully saturated rings. The number of nitrogens with zero attached hydrogens (tertiary/aromatic N) is 1. The van der Waals surface area contributed by atoms with E-state index in [2.05, 4.69) is 20.9 Å². The van der Waals surface area contributed by atoms with Crippen LogP contribution in [0.1, 0.15) is 26.5 Å². The van der Waals surface area contributed by atoms with Gasteiger partial charge < -0.3 is 18.9 Å². The van der Waals surface area contributed by atoms with Crippen molar-refractivity contribution in [1.29, 1.82) is 0 Å². The quantitative estimate of drug-likeness (QED) is 0.458. The SMILES string of the molecule is Cc1scnc1C1=C(Br)C(=O)c2cc(OCCOc3ccc4c(c3)OCO4)ccc21. The number of rotatable bonds is 6. The second kappa shape index (κ2) is 7.77. The van der Waals surface area contributed by atoms with Gasteiger partial charge in [0, 0.05) is 22.1 Å². The Morgan fingerprint density at radius 2 is 1.77 bits per heavy atom. The number of aryl methyl sites for hydroxylation is 1. The lowest BCUT2D eigenvalue weighted by Crippen LogP contribution is -2.09. The second-order valence-electron chi connectivity index (χ2n) is 6.69. The van der Waals surface area contributed by atoms with E-state index in [1.54, 1.807) is 29.0 Å². The maximum atomic E-state index is 12.7. The first-order chi connectivity index (χ1) is 14.6. The fourth-order valence-electron chi connectivity index (χ4n) is 3.43. The summed E-state index contributed by atoms with van der Waals surface area (Å²) in [5, 5.41) is 0. The Hall–Kier alpha value is -2.84. The fourth-order valence-corrected chi connectivity index (χ4v) is 4.63. The summed E-state index contributed by atoms with van der Waals surface area (Å²) < 4.78 is 22.7. The van der Waals surface area contributed by atoms with Crippen LogP contribution in [0, 0.1) is 6.92 Å². The first kappa shape index (κ1) is 19.1. The van der Waals surface area contributed by atoms with Crippen LogP contribution in [0.15, 0.2) is 46.4 Å². The Kier molecular flexibility index (Phi) is 4.96. The van der Waals surface area contributed by atoms with E-state index in [0.717, 1.165) is 21.7 Å². The molecule has 0 atom stereocenters. The van der Waals surface area contributed by atoms with E-state index in [9.17, 15) is 4.79 Å². The molecule has 1 aliphatic heterocycles. The Morgan fingerprint density at radius 1 is 1.03 bits per heavy atom. The molecule has 2 heterocycles. The lowest BCUT2D eigenvalue weighted by atomic mass is 10.0. The molecule has 0 saturated carbocycles. The highest BCUT2D eigenvalue weighted by Gasteiger charge is 2.31. The van der Waals surface area contributed by atoms with Crippen molar-refractivity contribution in [2.24, 2.45) is 0 Å². The van der Waals surface area contributed by atoms with Crippen LogP contribution < -0.4 is 18.9 Å². The Morgan fingerprint density at radius 3 is 2.53 bits per heavy atom. The molecule has 0 N–H and O–H groups in total. The number of fused-ring (bicyclic) bond motifs is 2. The van der Waals surface area contributed by atoms with Crippen LogP contribution in [0.4, 0.5) is 0 Å². The van der Waals surface area contributed by atoms with Crippen LogP contribution in [-0.2, 0) is 0 Å². The summed E-state index contributed by atoms with van der Waals surface area (Å²) in [5.74, 6) is 2.63. The minimum absolute atomic E-state index is 0.0607. The highest BCUT2D eigenvalue weighted by molar-refractivity contribution is 9.12. The van der Waals surface area contributed by atoms with Crippen LogP contribution in [0.5, 0.6) is 23.0 Å². The molecule has 8 heteroatoms. The highest BCUT2D eigenvalue weighted by Crippen LogP contribution is 2.42. The van der Waals surface area contributed by atoms with E-state index in [1.165, 1.54) is 0 Å². The molecule has 0 bridgehead atoms. The summed E-state index contributed by atoms with van der Waals surface area (Å²) in [5.41, 5.74) is 4.94. The number of ether oxygens (including phenoxy) is 4. The molecule has 0 saturated heterocycles. The molecule has 1 aliphatic carbocycles. The zero-order valence-electron chi connectivity index (χ0n) is 15.9. The number of halogens is 1. The lowest BCUT2D eigenvalue weighted by Gasteiger charge is -2.10. The number of Topliss-reactive ketones (excluding diaryl/α,β-unsaturated/α-hetero) is 1. The fraction of sp³-hybridized carbons (Fsp3) is 0.182. The maximum absolute atomic E-state index is 12.7. The van der Waals surface area contributed by atoms with Crippen molar-refractivity contribution in [1.82, 2.24) is 4.98 Å². The summed E-state index contributed by atoms with van der Waals surface area (Å²) in [6.45, 7) is 2.93. The molecule has 30 heavy (non-hydrogen) atoms. The predicted octanol–water partition coefficient (Wildman–Crippen LogP) is 4.99. The number of carbonyl (C=O) groups excluding carboxylic acids is 1. The molecule has 6 nitrogen and oxygen atoms in total. The first-order valence-corrected chi connectivity index (χ1v) is 10.9. The molecule has 3 aromatic rings. The smallest absolute Gasteiger partial charge is 0.231 e. The van der Waals surface area contributed by atoms with E-state index in [1.807, 2.05) is 31.2 Å². The summed E-state index contributed by atoms with van der Waals surface area (Å²) in [6.07, 6.45) is 0. The van der Waals surface area contributed by atoms with E-state index < -0.39 is 0 Å². The molecule has 0 radical (unpaired) electrons.